The number of ether oxygens (including phenoxy) is 1. The molecule has 1 heterocycles. The van der Waals surface area contributed by atoms with E-state index in [0.717, 1.165) is 5.69 Å². The second-order valence-electron chi connectivity index (χ2n) is 6.42. The van der Waals surface area contributed by atoms with Gasteiger partial charge in [-0.25, -0.2) is 9.78 Å². The van der Waals surface area contributed by atoms with Crippen molar-refractivity contribution in [3.8, 4) is 0 Å². The molecule has 5 nitrogen and oxygen atoms in total. The zero-order chi connectivity index (χ0) is 19.1. The van der Waals surface area contributed by atoms with Crippen molar-refractivity contribution in [3.05, 3.63) is 53.7 Å². The molecule has 0 aliphatic heterocycles. The molecule has 0 fully saturated rings. The SMILES string of the molecule is CC(C)OC(=O)c1cccnc1SCC(=O)Nc1ccc(C(C)C)cc1. The maximum absolute atomic E-state index is 12.2. The maximum atomic E-state index is 12.2. The van der Waals surface area contributed by atoms with Crippen LogP contribution in [0.25, 0.3) is 0 Å². The average molecular weight is 372 g/mol. The Bertz CT molecular complexity index is 758. The first-order valence-electron chi connectivity index (χ1n) is 8.55. The van der Waals surface area contributed by atoms with E-state index >= 15 is 0 Å². The van der Waals surface area contributed by atoms with Crippen LogP contribution in [0.15, 0.2) is 47.6 Å². The second kappa shape index (κ2) is 9.38. The fourth-order valence-corrected chi connectivity index (χ4v) is 3.00. The van der Waals surface area contributed by atoms with E-state index in [4.69, 9.17) is 4.74 Å². The highest BCUT2D eigenvalue weighted by molar-refractivity contribution is 8.00. The quantitative estimate of drug-likeness (QED) is 0.572. The zero-order valence-electron chi connectivity index (χ0n) is 15.5. The predicted molar refractivity (Wildman–Crippen MR) is 105 cm³/mol. The molecule has 0 unspecified atom stereocenters. The molecule has 0 spiro atoms. The highest BCUT2D eigenvalue weighted by Crippen LogP contribution is 2.22. The third-order valence-corrected chi connectivity index (χ3v) is 4.54. The normalized spacial score (nSPS) is 10.8. The van der Waals surface area contributed by atoms with Crippen LogP contribution in [-0.2, 0) is 9.53 Å². The minimum absolute atomic E-state index is 0.152. The van der Waals surface area contributed by atoms with Gasteiger partial charge in [-0.05, 0) is 49.6 Å². The minimum Gasteiger partial charge on any atom is -0.459 e. The first-order chi connectivity index (χ1) is 12.4. The van der Waals surface area contributed by atoms with Gasteiger partial charge in [0.1, 0.15) is 5.03 Å². The molecule has 1 aromatic carbocycles. The van der Waals surface area contributed by atoms with Gasteiger partial charge in [0, 0.05) is 11.9 Å². The average Bonchev–Trinajstić information content (AvgIpc) is 2.60. The summed E-state index contributed by atoms with van der Waals surface area (Å²) < 4.78 is 5.22. The molecule has 0 radical (unpaired) electrons. The number of esters is 1. The molecule has 1 aromatic heterocycles. The van der Waals surface area contributed by atoms with E-state index in [2.05, 4.69) is 24.1 Å². The Morgan fingerprint density at radius 3 is 2.42 bits per heavy atom. The van der Waals surface area contributed by atoms with Crippen molar-refractivity contribution in [1.29, 1.82) is 0 Å². The van der Waals surface area contributed by atoms with Gasteiger partial charge in [-0.15, -0.1) is 0 Å². The van der Waals surface area contributed by atoms with Crippen LogP contribution < -0.4 is 5.32 Å². The van der Waals surface area contributed by atoms with Crippen LogP contribution >= 0.6 is 11.8 Å². The van der Waals surface area contributed by atoms with Crippen molar-refractivity contribution in [3.63, 3.8) is 0 Å². The molecule has 138 valence electrons. The molecular weight excluding hydrogens is 348 g/mol. The van der Waals surface area contributed by atoms with Crippen LogP contribution in [0.4, 0.5) is 5.69 Å². The Morgan fingerprint density at radius 2 is 1.81 bits per heavy atom. The van der Waals surface area contributed by atoms with Crippen LogP contribution in [0.2, 0.25) is 0 Å². The number of carbonyl (C=O) groups excluding carboxylic acids is 2. The molecule has 0 saturated carbocycles. The largest absolute Gasteiger partial charge is 0.459 e. The maximum Gasteiger partial charge on any atom is 0.341 e. The summed E-state index contributed by atoms with van der Waals surface area (Å²) in [4.78, 5) is 28.5. The smallest absolute Gasteiger partial charge is 0.341 e. The topological polar surface area (TPSA) is 68.3 Å². The van der Waals surface area contributed by atoms with E-state index in [0.29, 0.717) is 16.5 Å². The molecule has 0 bridgehead atoms. The molecule has 0 aliphatic rings. The standard InChI is InChI=1S/C20H24N2O3S/c1-13(2)15-7-9-16(10-8-15)22-18(23)12-26-19-17(6-5-11-21-19)20(24)25-14(3)4/h5-11,13-14H,12H2,1-4H3,(H,22,23). The van der Waals surface area contributed by atoms with Crippen LogP contribution in [0.1, 0.15) is 49.5 Å². The van der Waals surface area contributed by atoms with E-state index in [1.165, 1.54) is 17.3 Å². The van der Waals surface area contributed by atoms with Crippen molar-refractivity contribution in [2.75, 3.05) is 11.1 Å². The van der Waals surface area contributed by atoms with Gasteiger partial charge in [0.05, 0.1) is 17.4 Å². The number of carbonyl (C=O) groups is 2. The molecular formula is C20H24N2O3S. The Morgan fingerprint density at radius 1 is 1.12 bits per heavy atom. The van der Waals surface area contributed by atoms with Gasteiger partial charge in [0.15, 0.2) is 0 Å². The van der Waals surface area contributed by atoms with Gasteiger partial charge < -0.3 is 10.1 Å². The summed E-state index contributed by atoms with van der Waals surface area (Å²) in [5, 5.41) is 3.34. The fourth-order valence-electron chi connectivity index (χ4n) is 2.22. The number of hydrogen-bond donors (Lipinski definition) is 1. The van der Waals surface area contributed by atoms with Crippen molar-refractivity contribution in [2.45, 2.75) is 44.7 Å². The number of hydrogen-bond acceptors (Lipinski definition) is 5. The van der Waals surface area contributed by atoms with Gasteiger partial charge in [0.25, 0.3) is 0 Å². The van der Waals surface area contributed by atoms with Gasteiger partial charge in [-0.3, -0.25) is 4.79 Å². The fraction of sp³-hybridized carbons (Fsp3) is 0.350. The molecule has 0 aliphatic carbocycles. The number of rotatable bonds is 7. The molecule has 0 saturated heterocycles. The molecule has 26 heavy (non-hydrogen) atoms. The van der Waals surface area contributed by atoms with Crippen molar-refractivity contribution >= 4 is 29.3 Å². The summed E-state index contributed by atoms with van der Waals surface area (Å²) in [5.74, 6) is 0.0233. The lowest BCUT2D eigenvalue weighted by Gasteiger charge is -2.11. The summed E-state index contributed by atoms with van der Waals surface area (Å²) in [5.41, 5.74) is 2.35. The number of nitrogens with zero attached hydrogens (tertiary/aromatic N) is 1. The number of pyridine rings is 1. The van der Waals surface area contributed by atoms with Gasteiger partial charge >= 0.3 is 5.97 Å². The lowest BCUT2D eigenvalue weighted by molar-refractivity contribution is -0.113. The lowest BCUT2D eigenvalue weighted by Crippen LogP contribution is -2.16. The first-order valence-corrected chi connectivity index (χ1v) is 9.54. The van der Waals surface area contributed by atoms with Crippen molar-refractivity contribution in [1.82, 2.24) is 4.98 Å². The van der Waals surface area contributed by atoms with Gasteiger partial charge in [-0.1, -0.05) is 37.7 Å². The van der Waals surface area contributed by atoms with E-state index < -0.39 is 5.97 Å². The third-order valence-electron chi connectivity index (χ3n) is 3.53. The predicted octanol–water partition coefficient (Wildman–Crippen LogP) is 4.50. The van der Waals surface area contributed by atoms with E-state index in [-0.39, 0.29) is 17.8 Å². The number of amides is 1. The Balaban J connectivity index is 1.96. The van der Waals surface area contributed by atoms with E-state index in [9.17, 15) is 9.59 Å². The second-order valence-corrected chi connectivity index (χ2v) is 7.39. The number of anilines is 1. The summed E-state index contributed by atoms with van der Waals surface area (Å²) in [6.45, 7) is 7.83. The molecule has 2 rings (SSSR count). The monoisotopic (exact) mass is 372 g/mol. The van der Waals surface area contributed by atoms with Crippen LogP contribution in [0.3, 0.4) is 0 Å². The summed E-state index contributed by atoms with van der Waals surface area (Å²) in [7, 11) is 0. The highest BCUT2D eigenvalue weighted by Gasteiger charge is 2.16. The van der Waals surface area contributed by atoms with Crippen LogP contribution in [0.5, 0.6) is 0 Å². The third kappa shape index (κ3) is 5.88. The summed E-state index contributed by atoms with van der Waals surface area (Å²) >= 11 is 1.21. The van der Waals surface area contributed by atoms with Gasteiger partial charge in [-0.2, -0.15) is 0 Å². The Hall–Kier alpha value is -2.34. The lowest BCUT2D eigenvalue weighted by atomic mass is 10.0. The molecule has 2 aromatic rings. The van der Waals surface area contributed by atoms with Crippen molar-refractivity contribution in [2.24, 2.45) is 0 Å². The van der Waals surface area contributed by atoms with Gasteiger partial charge in [0.2, 0.25) is 5.91 Å². The van der Waals surface area contributed by atoms with Crippen molar-refractivity contribution < 1.29 is 14.3 Å². The van der Waals surface area contributed by atoms with Crippen LogP contribution in [0, 0.1) is 0 Å². The molecule has 1 amide bonds. The molecule has 0 atom stereocenters. The summed E-state index contributed by atoms with van der Waals surface area (Å²) in [6, 6.07) is 11.1. The molecule has 6 heteroatoms. The Kier molecular flexibility index (Phi) is 7.21. The number of aromatic nitrogens is 1. The zero-order valence-corrected chi connectivity index (χ0v) is 16.3. The Labute approximate surface area is 158 Å². The number of nitrogens with one attached hydrogen (secondary N) is 1. The van der Waals surface area contributed by atoms with E-state index in [1.54, 1.807) is 32.2 Å². The summed E-state index contributed by atoms with van der Waals surface area (Å²) in [6.07, 6.45) is 1.38. The number of benzene rings is 1. The first kappa shape index (κ1) is 20.0. The highest BCUT2D eigenvalue weighted by atomic mass is 32.2. The van der Waals surface area contributed by atoms with Crippen LogP contribution in [-0.4, -0.2) is 28.7 Å². The minimum atomic E-state index is -0.430. The molecule has 1 N–H and O–H groups in total. The number of thioether (sulfide) groups is 1. The van der Waals surface area contributed by atoms with E-state index in [1.807, 2.05) is 24.3 Å².